The van der Waals surface area contributed by atoms with Gasteiger partial charge in [-0.15, -0.1) is 0 Å². The molecule has 25 heavy (non-hydrogen) atoms. The van der Waals surface area contributed by atoms with Crippen molar-refractivity contribution in [3.63, 3.8) is 0 Å². The van der Waals surface area contributed by atoms with Gasteiger partial charge in [-0.1, -0.05) is 42.5 Å². The summed E-state index contributed by atoms with van der Waals surface area (Å²) in [5, 5.41) is 0.692. The molecule has 0 atom stereocenters. The van der Waals surface area contributed by atoms with Crippen LogP contribution in [0.3, 0.4) is 0 Å². The Morgan fingerprint density at radius 1 is 1.16 bits per heavy atom. The van der Waals surface area contributed by atoms with E-state index in [2.05, 4.69) is 16.5 Å². The number of hydrogen-bond acceptors (Lipinski definition) is 4. The summed E-state index contributed by atoms with van der Waals surface area (Å²) >= 11 is 5.97. The van der Waals surface area contributed by atoms with Gasteiger partial charge in [0.15, 0.2) is 0 Å². The van der Waals surface area contributed by atoms with E-state index in [1.54, 1.807) is 31.6 Å². The van der Waals surface area contributed by atoms with Crippen molar-refractivity contribution in [3.05, 3.63) is 77.6 Å². The van der Waals surface area contributed by atoms with Crippen LogP contribution >= 0.6 is 11.6 Å². The van der Waals surface area contributed by atoms with Crippen molar-refractivity contribution in [3.8, 4) is 22.9 Å². The zero-order chi connectivity index (χ0) is 17.6. The maximum atomic E-state index is 5.97. The molecule has 0 amide bonds. The highest BCUT2D eigenvalue weighted by Gasteiger charge is 2.09. The fourth-order valence-corrected chi connectivity index (χ4v) is 2.53. The van der Waals surface area contributed by atoms with E-state index >= 15 is 0 Å². The standard InChI is InChI=1S/C20H17ClN2O2/c1-3-14-11-19(24-2)23-12-18(14)25-13-16-5-4-10-22-20(16)15-6-8-17(21)9-7-15/h3-12H,1,13H2,2H3. The summed E-state index contributed by atoms with van der Waals surface area (Å²) in [5.74, 6) is 1.16. The van der Waals surface area contributed by atoms with Gasteiger partial charge in [0.05, 0.1) is 19.0 Å². The summed E-state index contributed by atoms with van der Waals surface area (Å²) in [4.78, 5) is 8.67. The average molecular weight is 353 g/mol. The van der Waals surface area contributed by atoms with E-state index < -0.39 is 0 Å². The van der Waals surface area contributed by atoms with Gasteiger partial charge < -0.3 is 9.47 Å². The number of ether oxygens (including phenoxy) is 2. The molecule has 1 aromatic carbocycles. The Morgan fingerprint density at radius 2 is 1.96 bits per heavy atom. The molecule has 0 saturated heterocycles. The number of nitrogens with zero attached hydrogens (tertiary/aromatic N) is 2. The monoisotopic (exact) mass is 352 g/mol. The number of halogens is 1. The number of rotatable bonds is 6. The van der Waals surface area contributed by atoms with E-state index in [0.29, 0.717) is 23.3 Å². The molecule has 0 bridgehead atoms. The minimum Gasteiger partial charge on any atom is -0.487 e. The summed E-state index contributed by atoms with van der Waals surface area (Å²) in [6.07, 6.45) is 5.11. The first-order valence-corrected chi connectivity index (χ1v) is 8.08. The smallest absolute Gasteiger partial charge is 0.213 e. The normalized spacial score (nSPS) is 10.3. The van der Waals surface area contributed by atoms with Crippen LogP contribution in [-0.4, -0.2) is 17.1 Å². The van der Waals surface area contributed by atoms with Crippen LogP contribution < -0.4 is 9.47 Å². The van der Waals surface area contributed by atoms with Crippen LogP contribution in [0.5, 0.6) is 11.6 Å². The fraction of sp³-hybridized carbons (Fsp3) is 0.100. The van der Waals surface area contributed by atoms with Crippen molar-refractivity contribution < 1.29 is 9.47 Å². The molecule has 0 fully saturated rings. The molecule has 5 heteroatoms. The van der Waals surface area contributed by atoms with Crippen LogP contribution in [0.25, 0.3) is 17.3 Å². The summed E-state index contributed by atoms with van der Waals surface area (Å²) in [6, 6.07) is 13.2. The molecule has 0 radical (unpaired) electrons. The van der Waals surface area contributed by atoms with Gasteiger partial charge in [0, 0.05) is 34.0 Å². The van der Waals surface area contributed by atoms with Crippen molar-refractivity contribution >= 4 is 17.7 Å². The molecule has 0 N–H and O–H groups in total. The first-order chi connectivity index (χ1) is 12.2. The predicted octanol–water partition coefficient (Wildman–Crippen LogP) is 5.03. The van der Waals surface area contributed by atoms with Gasteiger partial charge in [-0.05, 0) is 18.2 Å². The van der Waals surface area contributed by atoms with Gasteiger partial charge in [-0.2, -0.15) is 0 Å². The summed E-state index contributed by atoms with van der Waals surface area (Å²) in [6.45, 7) is 4.17. The fourth-order valence-electron chi connectivity index (χ4n) is 2.41. The quantitative estimate of drug-likeness (QED) is 0.624. The van der Waals surface area contributed by atoms with Crippen LogP contribution in [0.15, 0.2) is 61.4 Å². The highest BCUT2D eigenvalue weighted by molar-refractivity contribution is 6.30. The molecule has 126 valence electrons. The Morgan fingerprint density at radius 3 is 2.68 bits per heavy atom. The lowest BCUT2D eigenvalue weighted by Crippen LogP contribution is -2.01. The van der Waals surface area contributed by atoms with E-state index in [1.165, 1.54) is 0 Å². The zero-order valence-corrected chi connectivity index (χ0v) is 14.5. The topological polar surface area (TPSA) is 44.2 Å². The third-order valence-corrected chi connectivity index (χ3v) is 3.95. The Balaban J connectivity index is 1.85. The van der Waals surface area contributed by atoms with E-state index in [-0.39, 0.29) is 0 Å². The van der Waals surface area contributed by atoms with Crippen molar-refractivity contribution in [2.75, 3.05) is 7.11 Å². The first kappa shape index (κ1) is 17.0. The molecule has 0 aliphatic heterocycles. The van der Waals surface area contributed by atoms with E-state index in [4.69, 9.17) is 21.1 Å². The Labute approximate surface area is 151 Å². The highest BCUT2D eigenvalue weighted by Crippen LogP contribution is 2.26. The average Bonchev–Trinajstić information content (AvgIpc) is 2.67. The second-order valence-corrected chi connectivity index (χ2v) is 5.71. The highest BCUT2D eigenvalue weighted by atomic mass is 35.5. The van der Waals surface area contributed by atoms with Crippen LogP contribution in [0.4, 0.5) is 0 Å². The Kier molecular flexibility index (Phi) is 5.31. The number of benzene rings is 1. The van der Waals surface area contributed by atoms with Crippen molar-refractivity contribution in [2.45, 2.75) is 6.61 Å². The van der Waals surface area contributed by atoms with Crippen LogP contribution in [0.1, 0.15) is 11.1 Å². The third kappa shape index (κ3) is 3.98. The van der Waals surface area contributed by atoms with Gasteiger partial charge in [0.1, 0.15) is 12.4 Å². The Bertz CT molecular complexity index is 879. The van der Waals surface area contributed by atoms with Gasteiger partial charge in [-0.25, -0.2) is 4.98 Å². The molecule has 2 aromatic heterocycles. The van der Waals surface area contributed by atoms with Gasteiger partial charge in [0.2, 0.25) is 5.88 Å². The maximum Gasteiger partial charge on any atom is 0.213 e. The third-order valence-electron chi connectivity index (χ3n) is 3.69. The lowest BCUT2D eigenvalue weighted by atomic mass is 10.1. The zero-order valence-electron chi connectivity index (χ0n) is 13.8. The van der Waals surface area contributed by atoms with Crippen molar-refractivity contribution in [1.29, 1.82) is 0 Å². The maximum absolute atomic E-state index is 5.97. The molecule has 3 aromatic rings. The SMILES string of the molecule is C=Cc1cc(OC)ncc1OCc1cccnc1-c1ccc(Cl)cc1. The largest absolute Gasteiger partial charge is 0.487 e. The minimum absolute atomic E-state index is 0.362. The van der Waals surface area contributed by atoms with E-state index in [0.717, 1.165) is 22.4 Å². The minimum atomic E-state index is 0.362. The number of pyridine rings is 2. The number of aromatic nitrogens is 2. The molecular weight excluding hydrogens is 336 g/mol. The molecular formula is C20H17ClN2O2. The summed E-state index contributed by atoms with van der Waals surface area (Å²) in [7, 11) is 1.57. The van der Waals surface area contributed by atoms with Crippen LogP contribution in [-0.2, 0) is 6.61 Å². The summed E-state index contributed by atoms with van der Waals surface area (Å²) in [5.41, 5.74) is 3.64. The lowest BCUT2D eigenvalue weighted by Gasteiger charge is -2.12. The van der Waals surface area contributed by atoms with Gasteiger partial charge in [-0.3, -0.25) is 4.98 Å². The van der Waals surface area contributed by atoms with Crippen molar-refractivity contribution in [2.24, 2.45) is 0 Å². The number of methoxy groups -OCH3 is 1. The van der Waals surface area contributed by atoms with Crippen LogP contribution in [0, 0.1) is 0 Å². The molecule has 0 spiro atoms. The second-order valence-electron chi connectivity index (χ2n) is 5.28. The van der Waals surface area contributed by atoms with Gasteiger partial charge in [0.25, 0.3) is 0 Å². The molecule has 0 aliphatic rings. The first-order valence-electron chi connectivity index (χ1n) is 7.70. The number of hydrogen-bond donors (Lipinski definition) is 0. The Hall–Kier alpha value is -2.85. The van der Waals surface area contributed by atoms with E-state index in [9.17, 15) is 0 Å². The molecule has 0 saturated carbocycles. The lowest BCUT2D eigenvalue weighted by molar-refractivity contribution is 0.302. The molecule has 0 aliphatic carbocycles. The summed E-state index contributed by atoms with van der Waals surface area (Å²) < 4.78 is 11.1. The molecule has 4 nitrogen and oxygen atoms in total. The second kappa shape index (κ2) is 7.81. The molecule has 2 heterocycles. The van der Waals surface area contributed by atoms with Crippen molar-refractivity contribution in [1.82, 2.24) is 9.97 Å². The predicted molar refractivity (Wildman–Crippen MR) is 99.9 cm³/mol. The molecule has 0 unspecified atom stereocenters. The van der Waals surface area contributed by atoms with Gasteiger partial charge >= 0.3 is 0 Å². The van der Waals surface area contributed by atoms with Crippen LogP contribution in [0.2, 0.25) is 5.02 Å². The molecule has 3 rings (SSSR count). The van der Waals surface area contributed by atoms with E-state index in [1.807, 2.05) is 36.4 Å².